The number of nitrogens with zero attached hydrogens (tertiary/aromatic N) is 2. The van der Waals surface area contributed by atoms with Crippen LogP contribution in [0.25, 0.3) is 0 Å². The van der Waals surface area contributed by atoms with Crippen LogP contribution in [0.5, 0.6) is 0 Å². The molecule has 0 radical (unpaired) electrons. The quantitative estimate of drug-likeness (QED) is 0.497. The van der Waals surface area contributed by atoms with E-state index in [1.165, 1.54) is 62.4 Å². The van der Waals surface area contributed by atoms with Gasteiger partial charge >= 0.3 is 11.9 Å². The van der Waals surface area contributed by atoms with Crippen LogP contribution in [0.1, 0.15) is 26.7 Å². The second-order valence-electron chi connectivity index (χ2n) is 9.03. The average Bonchev–Trinajstić information content (AvgIpc) is 3.21. The first-order chi connectivity index (χ1) is 17.2. The van der Waals surface area contributed by atoms with Crippen molar-refractivity contribution in [2.24, 2.45) is 0 Å². The largest absolute Gasteiger partial charge is 0.473 e. The van der Waals surface area contributed by atoms with Crippen molar-refractivity contribution in [2.75, 3.05) is 12.5 Å². The van der Waals surface area contributed by atoms with Gasteiger partial charge in [-0.1, -0.05) is 0 Å². The molecule has 0 aromatic rings. The minimum absolute atomic E-state index is 0.195. The molecule has 10 nitrogen and oxygen atoms in total. The van der Waals surface area contributed by atoms with E-state index in [4.69, 9.17) is 18.9 Å². The van der Waals surface area contributed by atoms with Gasteiger partial charge in [-0.2, -0.15) is 0 Å². The lowest BCUT2D eigenvalue weighted by Gasteiger charge is -2.54. The van der Waals surface area contributed by atoms with Gasteiger partial charge in [0.15, 0.2) is 9.74 Å². The predicted octanol–water partition coefficient (Wildman–Crippen LogP) is 2.04. The van der Waals surface area contributed by atoms with Crippen LogP contribution in [0.15, 0.2) is 48.3 Å². The van der Waals surface area contributed by atoms with Crippen molar-refractivity contribution in [1.82, 2.24) is 9.80 Å². The Kier molecular flexibility index (Phi) is 6.14. The number of hydrogen-bond donors (Lipinski definition) is 0. The van der Waals surface area contributed by atoms with Crippen LogP contribution in [-0.4, -0.2) is 80.1 Å². The number of fused-ring (bicyclic) bond motifs is 6. The normalized spacial score (nSPS) is 36.2. The van der Waals surface area contributed by atoms with E-state index in [2.05, 4.69) is 0 Å². The topological polar surface area (TPSA) is 112 Å². The molecule has 192 valence electrons. The van der Waals surface area contributed by atoms with Crippen LogP contribution in [0.4, 0.5) is 0 Å². The van der Waals surface area contributed by atoms with Gasteiger partial charge in [0.2, 0.25) is 0 Å². The first-order valence-electron chi connectivity index (χ1n) is 11.3. The molecule has 0 spiro atoms. The zero-order valence-electron chi connectivity index (χ0n) is 20.2. The maximum absolute atomic E-state index is 14.6. The van der Waals surface area contributed by atoms with Gasteiger partial charge in [-0.3, -0.25) is 19.2 Å². The maximum atomic E-state index is 14.6. The Morgan fingerprint density at radius 1 is 0.833 bits per heavy atom. The molecular weight excluding hydrogens is 508 g/mol. The minimum Gasteiger partial charge on any atom is -0.473 e. The average molecular weight is 535 g/mol. The number of piperazine rings is 1. The summed E-state index contributed by atoms with van der Waals surface area (Å²) in [4.78, 5) is 53.6. The summed E-state index contributed by atoms with van der Waals surface area (Å²) in [5.41, 5.74) is 1.35. The highest BCUT2D eigenvalue weighted by atomic mass is 32.2. The highest BCUT2D eigenvalue weighted by Gasteiger charge is 2.73. The third-order valence-corrected chi connectivity index (χ3v) is 9.50. The van der Waals surface area contributed by atoms with Gasteiger partial charge in [-0.05, 0) is 35.8 Å². The number of thioether (sulfide) groups is 2. The highest BCUT2D eigenvalue weighted by Crippen LogP contribution is 2.59. The van der Waals surface area contributed by atoms with Gasteiger partial charge in [-0.15, -0.1) is 23.5 Å². The van der Waals surface area contributed by atoms with Crippen LogP contribution < -0.4 is 0 Å². The van der Waals surface area contributed by atoms with Crippen molar-refractivity contribution < 1.29 is 38.1 Å². The van der Waals surface area contributed by atoms with Gasteiger partial charge in [-0.25, -0.2) is 0 Å². The van der Waals surface area contributed by atoms with Crippen LogP contribution in [-0.2, 0) is 38.1 Å². The molecule has 12 heteroatoms. The summed E-state index contributed by atoms with van der Waals surface area (Å²) < 4.78 is 22.1. The van der Waals surface area contributed by atoms with E-state index in [9.17, 15) is 19.2 Å². The number of hydrogen-bond acceptors (Lipinski definition) is 10. The molecule has 0 aromatic carbocycles. The molecule has 5 heterocycles. The van der Waals surface area contributed by atoms with Gasteiger partial charge < -0.3 is 28.7 Å². The summed E-state index contributed by atoms with van der Waals surface area (Å²) >= 11 is 2.51. The molecule has 0 aromatic heterocycles. The molecule has 0 bridgehead atoms. The van der Waals surface area contributed by atoms with E-state index in [-0.39, 0.29) is 24.7 Å². The third kappa shape index (κ3) is 3.41. The Hall–Kier alpha value is -2.86. The van der Waals surface area contributed by atoms with Crippen molar-refractivity contribution in [3.05, 3.63) is 48.3 Å². The molecule has 0 saturated carbocycles. The van der Waals surface area contributed by atoms with E-state index in [0.29, 0.717) is 11.1 Å². The van der Waals surface area contributed by atoms with Crippen molar-refractivity contribution in [3.8, 4) is 0 Å². The Morgan fingerprint density at radius 2 is 1.22 bits per heavy atom. The third-order valence-electron chi connectivity index (χ3n) is 7.12. The van der Waals surface area contributed by atoms with Crippen LogP contribution in [0, 0.1) is 0 Å². The monoisotopic (exact) mass is 534 g/mol. The number of amides is 2. The summed E-state index contributed by atoms with van der Waals surface area (Å²) in [6.45, 7) is 2.60. The SMILES string of the molecule is CS[C@@]12CC3=COC=C[C@@H](OC(C)=O)[C@@H]3N1C(=O)[C@]1(SC)CC3=COC=C[C@@H](OC(C)=O)[C@H]3N1C2=O. The molecule has 0 N–H and O–H groups in total. The molecule has 3 saturated heterocycles. The Morgan fingerprint density at radius 3 is 1.56 bits per heavy atom. The molecule has 6 atom stereocenters. The van der Waals surface area contributed by atoms with E-state index >= 15 is 0 Å². The first kappa shape index (κ1) is 24.8. The smallest absolute Gasteiger partial charge is 0.303 e. The highest BCUT2D eigenvalue weighted by molar-refractivity contribution is 8.01. The fourth-order valence-corrected chi connectivity index (χ4v) is 7.74. The van der Waals surface area contributed by atoms with Gasteiger partial charge in [0.05, 0.1) is 37.1 Å². The molecule has 0 aliphatic carbocycles. The summed E-state index contributed by atoms with van der Waals surface area (Å²) in [6, 6.07) is -1.41. The molecule has 36 heavy (non-hydrogen) atoms. The Labute approximate surface area is 216 Å². The number of ether oxygens (including phenoxy) is 4. The van der Waals surface area contributed by atoms with Gasteiger partial charge in [0.1, 0.15) is 12.2 Å². The first-order valence-corrected chi connectivity index (χ1v) is 13.8. The fraction of sp³-hybridized carbons (Fsp3) is 0.500. The lowest BCUT2D eigenvalue weighted by Crippen LogP contribution is -2.74. The van der Waals surface area contributed by atoms with E-state index in [1.54, 1.807) is 34.5 Å². The predicted molar refractivity (Wildman–Crippen MR) is 131 cm³/mol. The standard InChI is InChI=1S/C24H26N2O8S2/c1-13(27)33-17-5-7-31-11-15-9-23(35-3)22(30)26-20-16(12-32-8-6-18(20)34-14(2)28)10-24(26,36-4)21(29)25(23)19(15)17/h5-8,11-12,17-20H,9-10H2,1-4H3/t17-,18-,19-,20+,23-,24-/m1/s1. The number of carbonyl (C=O) groups is 4. The summed E-state index contributed by atoms with van der Waals surface area (Å²) in [5.74, 6) is -1.59. The lowest BCUT2D eigenvalue weighted by atomic mass is 10.0. The van der Waals surface area contributed by atoms with E-state index < -0.39 is 46.0 Å². The molecule has 0 unspecified atom stereocenters. The number of carbonyl (C=O) groups excluding carboxylic acids is 4. The zero-order valence-corrected chi connectivity index (χ0v) is 21.8. The molecular formula is C24H26N2O8S2. The lowest BCUT2D eigenvalue weighted by molar-refractivity contribution is -0.171. The molecule has 3 fully saturated rings. The van der Waals surface area contributed by atoms with Crippen molar-refractivity contribution in [2.45, 2.75) is 60.7 Å². The Bertz CT molecular complexity index is 1060. The van der Waals surface area contributed by atoms with E-state index in [1.807, 2.05) is 0 Å². The van der Waals surface area contributed by atoms with E-state index in [0.717, 1.165) is 0 Å². The molecule has 5 aliphatic heterocycles. The molecule has 5 rings (SSSR count). The second kappa shape index (κ2) is 8.91. The molecule has 5 aliphatic rings. The van der Waals surface area contributed by atoms with Gasteiger partial charge in [0, 0.05) is 26.7 Å². The van der Waals surface area contributed by atoms with Crippen LogP contribution in [0.3, 0.4) is 0 Å². The van der Waals surface area contributed by atoms with Crippen molar-refractivity contribution in [3.63, 3.8) is 0 Å². The second-order valence-corrected chi connectivity index (χ2v) is 11.2. The van der Waals surface area contributed by atoms with Crippen LogP contribution in [0.2, 0.25) is 0 Å². The fourth-order valence-electron chi connectivity index (χ4n) is 5.78. The van der Waals surface area contributed by atoms with Crippen molar-refractivity contribution >= 4 is 47.3 Å². The summed E-state index contributed by atoms with van der Waals surface area (Å²) in [6.07, 6.45) is 11.3. The zero-order chi connectivity index (χ0) is 25.8. The minimum atomic E-state index is -1.30. The van der Waals surface area contributed by atoms with Crippen LogP contribution >= 0.6 is 23.5 Å². The van der Waals surface area contributed by atoms with Gasteiger partial charge in [0.25, 0.3) is 11.8 Å². The summed E-state index contributed by atoms with van der Waals surface area (Å²) in [7, 11) is 0. The maximum Gasteiger partial charge on any atom is 0.303 e. The summed E-state index contributed by atoms with van der Waals surface area (Å²) in [5, 5.41) is 0. The van der Waals surface area contributed by atoms with Crippen molar-refractivity contribution in [1.29, 1.82) is 0 Å². The number of esters is 2. The number of rotatable bonds is 4. The molecule has 2 amide bonds. The Balaban J connectivity index is 1.67.